The summed E-state index contributed by atoms with van der Waals surface area (Å²) in [7, 11) is -3.31. The van der Waals surface area contributed by atoms with Crippen molar-refractivity contribution in [1.29, 1.82) is 5.26 Å². The van der Waals surface area contributed by atoms with E-state index in [4.69, 9.17) is 5.26 Å². The van der Waals surface area contributed by atoms with Gasteiger partial charge >= 0.3 is 0 Å². The van der Waals surface area contributed by atoms with Crippen molar-refractivity contribution in [3.63, 3.8) is 0 Å². The van der Waals surface area contributed by atoms with E-state index in [1.807, 2.05) is 6.07 Å². The highest BCUT2D eigenvalue weighted by Gasteiger charge is 2.15. The van der Waals surface area contributed by atoms with Gasteiger partial charge in [-0.3, -0.25) is 0 Å². The molecule has 0 unspecified atom stereocenters. The monoisotopic (exact) mass is 342 g/mol. The molecule has 0 bridgehead atoms. The van der Waals surface area contributed by atoms with Crippen LogP contribution in [0.3, 0.4) is 0 Å². The van der Waals surface area contributed by atoms with E-state index in [0.29, 0.717) is 17.1 Å². The molecule has 2 aromatic carbocycles. The maximum Gasteiger partial charge on any atom is 0.253 e. The van der Waals surface area contributed by atoms with Crippen LogP contribution in [0.1, 0.15) is 5.82 Å². The summed E-state index contributed by atoms with van der Waals surface area (Å²) in [5.41, 5.74) is 1.12. The number of nitriles is 1. The molecular formula is C16H11FN4O2S. The van der Waals surface area contributed by atoms with Gasteiger partial charge in [0.25, 0.3) is 5.82 Å². The molecule has 3 rings (SSSR count). The lowest BCUT2D eigenvalue weighted by molar-refractivity contribution is 0.602. The summed E-state index contributed by atoms with van der Waals surface area (Å²) in [6.07, 6.45) is 1.12. The smallest absolute Gasteiger partial charge is 0.224 e. The molecular weight excluding hydrogens is 331 g/mol. The number of halogens is 1. The van der Waals surface area contributed by atoms with Gasteiger partial charge in [0, 0.05) is 11.8 Å². The van der Waals surface area contributed by atoms with Crippen LogP contribution >= 0.6 is 0 Å². The molecule has 6 nitrogen and oxygen atoms in total. The molecule has 0 aliphatic rings. The number of benzene rings is 2. The highest BCUT2D eigenvalue weighted by Crippen LogP contribution is 2.23. The summed E-state index contributed by atoms with van der Waals surface area (Å²) in [5.74, 6) is -0.0712. The quantitative estimate of drug-likeness (QED) is 0.729. The third-order valence-corrected chi connectivity index (χ3v) is 4.45. The largest absolute Gasteiger partial charge is 0.253 e. The Morgan fingerprint density at radius 1 is 1.08 bits per heavy atom. The Balaban J connectivity index is 2.12. The van der Waals surface area contributed by atoms with Gasteiger partial charge in [-0.15, -0.1) is 5.10 Å². The molecule has 3 aromatic rings. The van der Waals surface area contributed by atoms with Crippen molar-refractivity contribution in [2.45, 2.75) is 4.90 Å². The molecule has 0 saturated heterocycles. The molecule has 0 radical (unpaired) electrons. The minimum absolute atomic E-state index is 0.0403. The fourth-order valence-electron chi connectivity index (χ4n) is 2.16. The summed E-state index contributed by atoms with van der Waals surface area (Å²) in [6.45, 7) is 0. The molecule has 0 amide bonds. The zero-order valence-electron chi connectivity index (χ0n) is 12.5. The van der Waals surface area contributed by atoms with Crippen LogP contribution in [0.15, 0.2) is 53.4 Å². The number of aromatic nitrogens is 3. The standard InChI is InChI=1S/C16H11FN4O2S/c1-24(22,23)14-8-2-11(3-9-14)16-19-15(10-18)20-21(16)13-6-4-12(17)5-7-13/h2-9H,1H3. The number of hydrogen-bond acceptors (Lipinski definition) is 5. The molecule has 0 aliphatic carbocycles. The Labute approximate surface area is 137 Å². The molecule has 0 fully saturated rings. The van der Waals surface area contributed by atoms with Gasteiger partial charge in [-0.25, -0.2) is 17.5 Å². The van der Waals surface area contributed by atoms with E-state index in [9.17, 15) is 12.8 Å². The molecule has 120 valence electrons. The van der Waals surface area contributed by atoms with Crippen LogP contribution < -0.4 is 0 Å². The third-order valence-electron chi connectivity index (χ3n) is 3.32. The summed E-state index contributed by atoms with van der Waals surface area (Å²) in [5, 5.41) is 13.1. The Morgan fingerprint density at radius 2 is 1.71 bits per heavy atom. The van der Waals surface area contributed by atoms with E-state index in [2.05, 4.69) is 10.1 Å². The van der Waals surface area contributed by atoms with Gasteiger partial charge in [-0.2, -0.15) is 10.2 Å². The first-order valence-electron chi connectivity index (χ1n) is 6.82. The predicted molar refractivity (Wildman–Crippen MR) is 84.6 cm³/mol. The zero-order valence-corrected chi connectivity index (χ0v) is 13.3. The van der Waals surface area contributed by atoms with Crippen molar-refractivity contribution < 1.29 is 12.8 Å². The van der Waals surface area contributed by atoms with E-state index < -0.39 is 15.7 Å². The van der Waals surface area contributed by atoms with Crippen molar-refractivity contribution in [2.75, 3.05) is 6.26 Å². The maximum absolute atomic E-state index is 13.1. The van der Waals surface area contributed by atoms with Crippen LogP contribution in [0.4, 0.5) is 4.39 Å². The lowest BCUT2D eigenvalue weighted by Crippen LogP contribution is -2.01. The minimum Gasteiger partial charge on any atom is -0.224 e. The van der Waals surface area contributed by atoms with Crippen LogP contribution in [-0.4, -0.2) is 29.4 Å². The zero-order chi connectivity index (χ0) is 17.3. The molecule has 0 N–H and O–H groups in total. The Morgan fingerprint density at radius 3 is 2.25 bits per heavy atom. The lowest BCUT2D eigenvalue weighted by atomic mass is 10.2. The van der Waals surface area contributed by atoms with E-state index in [1.54, 1.807) is 12.1 Å². The summed E-state index contributed by atoms with van der Waals surface area (Å²) in [6, 6.07) is 13.5. The molecule has 0 saturated carbocycles. The van der Waals surface area contributed by atoms with E-state index in [-0.39, 0.29) is 10.7 Å². The fraction of sp³-hybridized carbons (Fsp3) is 0.0625. The van der Waals surface area contributed by atoms with Crippen LogP contribution in [0.25, 0.3) is 17.1 Å². The van der Waals surface area contributed by atoms with Crippen molar-refractivity contribution in [2.24, 2.45) is 0 Å². The summed E-state index contributed by atoms with van der Waals surface area (Å²) < 4.78 is 37.6. The van der Waals surface area contributed by atoms with E-state index in [1.165, 1.54) is 41.1 Å². The van der Waals surface area contributed by atoms with Gasteiger partial charge in [0.05, 0.1) is 10.6 Å². The van der Waals surface area contributed by atoms with Gasteiger partial charge < -0.3 is 0 Å². The lowest BCUT2D eigenvalue weighted by Gasteiger charge is -2.06. The highest BCUT2D eigenvalue weighted by atomic mass is 32.2. The van der Waals surface area contributed by atoms with Gasteiger partial charge in [0.1, 0.15) is 11.9 Å². The van der Waals surface area contributed by atoms with Crippen molar-refractivity contribution in [1.82, 2.24) is 14.8 Å². The highest BCUT2D eigenvalue weighted by molar-refractivity contribution is 7.90. The first-order chi connectivity index (χ1) is 11.4. The van der Waals surface area contributed by atoms with E-state index >= 15 is 0 Å². The second kappa shape index (κ2) is 5.86. The fourth-order valence-corrected chi connectivity index (χ4v) is 2.79. The number of sulfone groups is 1. The molecule has 1 heterocycles. The Kier molecular flexibility index (Phi) is 3.87. The summed E-state index contributed by atoms with van der Waals surface area (Å²) in [4.78, 5) is 4.32. The number of nitrogens with zero attached hydrogens (tertiary/aromatic N) is 4. The van der Waals surface area contributed by atoms with Crippen LogP contribution in [0.2, 0.25) is 0 Å². The second-order valence-corrected chi connectivity index (χ2v) is 7.07. The second-order valence-electron chi connectivity index (χ2n) is 5.06. The average molecular weight is 342 g/mol. The Hall–Kier alpha value is -3.05. The third kappa shape index (κ3) is 3.02. The van der Waals surface area contributed by atoms with Gasteiger partial charge in [-0.1, -0.05) is 0 Å². The average Bonchev–Trinajstić information content (AvgIpc) is 2.99. The molecule has 0 spiro atoms. The van der Waals surface area contributed by atoms with Crippen LogP contribution in [0.5, 0.6) is 0 Å². The minimum atomic E-state index is -3.31. The Bertz CT molecular complexity index is 1030. The topological polar surface area (TPSA) is 88.6 Å². The van der Waals surface area contributed by atoms with Gasteiger partial charge in [-0.05, 0) is 48.5 Å². The first kappa shape index (κ1) is 15.8. The number of hydrogen-bond donors (Lipinski definition) is 0. The molecule has 8 heteroatoms. The van der Waals surface area contributed by atoms with Gasteiger partial charge in [0.15, 0.2) is 15.7 Å². The molecule has 24 heavy (non-hydrogen) atoms. The normalized spacial score (nSPS) is 11.2. The molecule has 0 atom stereocenters. The molecule has 1 aromatic heterocycles. The maximum atomic E-state index is 13.1. The number of rotatable bonds is 3. The SMILES string of the molecule is CS(=O)(=O)c1ccc(-c2nc(C#N)nn2-c2ccc(F)cc2)cc1. The van der Waals surface area contributed by atoms with Crippen molar-refractivity contribution in [3.05, 3.63) is 60.2 Å². The van der Waals surface area contributed by atoms with Crippen molar-refractivity contribution in [3.8, 4) is 23.1 Å². The van der Waals surface area contributed by atoms with Crippen molar-refractivity contribution >= 4 is 9.84 Å². The molecule has 0 aliphatic heterocycles. The van der Waals surface area contributed by atoms with E-state index in [0.717, 1.165) is 6.26 Å². The van der Waals surface area contributed by atoms with Crippen LogP contribution in [-0.2, 0) is 9.84 Å². The van der Waals surface area contributed by atoms with Gasteiger partial charge in [0.2, 0.25) is 0 Å². The predicted octanol–water partition coefficient (Wildman–Crippen LogP) is 2.35. The first-order valence-corrected chi connectivity index (χ1v) is 8.71. The van der Waals surface area contributed by atoms with Crippen LogP contribution in [0, 0.1) is 17.1 Å². The summed E-state index contributed by atoms with van der Waals surface area (Å²) >= 11 is 0.